The smallest absolute Gasteiger partial charge is 0.125 e. The number of aliphatic hydroxyl groups excluding tert-OH is 1. The van der Waals surface area contributed by atoms with Gasteiger partial charge in [0, 0.05) is 38.0 Å². The highest BCUT2D eigenvalue weighted by atomic mass is 16.5. The Bertz CT molecular complexity index is 705. The van der Waals surface area contributed by atoms with Gasteiger partial charge in [0.1, 0.15) is 17.9 Å². The molecule has 0 radical (unpaired) electrons. The molecule has 7 aliphatic rings. The third-order valence-electron chi connectivity index (χ3n) is 10.6. The Labute approximate surface area is 173 Å². The van der Waals surface area contributed by atoms with Crippen LogP contribution in [0.1, 0.15) is 46.0 Å². The molecule has 4 saturated carbocycles. The number of piperidine rings is 1. The van der Waals surface area contributed by atoms with E-state index >= 15 is 0 Å². The average molecular weight is 408 g/mol. The molecule has 3 saturated heterocycles. The van der Waals surface area contributed by atoms with Crippen LogP contribution in [0.25, 0.3) is 0 Å². The van der Waals surface area contributed by atoms with E-state index in [4.69, 9.17) is 14.2 Å². The zero-order chi connectivity index (χ0) is 20.3. The summed E-state index contributed by atoms with van der Waals surface area (Å²) in [5.74, 6) is 0.888. The van der Waals surface area contributed by atoms with E-state index in [-0.39, 0.29) is 41.1 Å². The van der Waals surface area contributed by atoms with Gasteiger partial charge in [-0.05, 0) is 49.5 Å². The highest BCUT2D eigenvalue weighted by molar-refractivity contribution is 5.27. The van der Waals surface area contributed by atoms with Crippen molar-refractivity contribution in [3.63, 3.8) is 0 Å². The summed E-state index contributed by atoms with van der Waals surface area (Å²) in [5.41, 5.74) is -1.01. The molecule has 7 rings (SSSR count). The summed E-state index contributed by atoms with van der Waals surface area (Å²) in [4.78, 5) is 2.54. The molecule has 3 aliphatic heterocycles. The second kappa shape index (κ2) is 5.96. The molecule has 4 aliphatic carbocycles. The Hall–Kier alpha value is -0.240. The van der Waals surface area contributed by atoms with E-state index in [0.29, 0.717) is 11.8 Å². The van der Waals surface area contributed by atoms with E-state index in [1.54, 1.807) is 14.2 Å². The quantitative estimate of drug-likeness (QED) is 0.741. The summed E-state index contributed by atoms with van der Waals surface area (Å²) in [6.45, 7) is 6.77. The van der Waals surface area contributed by atoms with Crippen LogP contribution in [0.4, 0.5) is 0 Å². The highest BCUT2D eigenvalue weighted by Gasteiger charge is 2.80. The molecule has 0 aromatic rings. The molecule has 6 nitrogen and oxygen atoms in total. The van der Waals surface area contributed by atoms with Crippen LogP contribution >= 0.6 is 0 Å². The zero-order valence-corrected chi connectivity index (χ0v) is 18.2. The number of likely N-dealkylation sites (tertiary alicyclic amines) is 1. The summed E-state index contributed by atoms with van der Waals surface area (Å²) in [5, 5.41) is 23.7. The van der Waals surface area contributed by atoms with Gasteiger partial charge in [0.15, 0.2) is 0 Å². The van der Waals surface area contributed by atoms with E-state index in [9.17, 15) is 10.2 Å². The standard InChI is InChI=1S/C23H37NO5/c1-5-24-11-21(2)7-6-8-22-13-9-12-17(27-3)16(13)23(26,19(25)18(12)28-4)15(10-14(21)22)29-20(22)24/h12-20,25-26H,5-11H2,1-4H3/t12?,13?,14-,15?,16+,17?,18-,19-,20?,21+,22?,23+/m1/s1. The van der Waals surface area contributed by atoms with Gasteiger partial charge in [0.25, 0.3) is 0 Å². The van der Waals surface area contributed by atoms with Crippen LogP contribution in [0.3, 0.4) is 0 Å². The van der Waals surface area contributed by atoms with Crippen molar-refractivity contribution in [1.82, 2.24) is 4.90 Å². The first-order valence-corrected chi connectivity index (χ1v) is 11.7. The van der Waals surface area contributed by atoms with Crippen molar-refractivity contribution < 1.29 is 24.4 Å². The molecule has 6 unspecified atom stereocenters. The predicted molar refractivity (Wildman–Crippen MR) is 106 cm³/mol. The molecule has 164 valence electrons. The summed E-state index contributed by atoms with van der Waals surface area (Å²) in [6, 6.07) is 0. The number of rotatable bonds is 3. The van der Waals surface area contributed by atoms with Crippen molar-refractivity contribution in [3.8, 4) is 0 Å². The van der Waals surface area contributed by atoms with Gasteiger partial charge in [-0.2, -0.15) is 0 Å². The summed E-state index contributed by atoms with van der Waals surface area (Å²) in [7, 11) is 3.42. The van der Waals surface area contributed by atoms with Gasteiger partial charge in [-0.1, -0.05) is 20.3 Å². The highest BCUT2D eigenvalue weighted by Crippen LogP contribution is 2.74. The van der Waals surface area contributed by atoms with Crippen molar-refractivity contribution in [1.29, 1.82) is 0 Å². The first kappa shape index (κ1) is 19.4. The normalized spacial score (nSPS) is 62.9. The Morgan fingerprint density at radius 2 is 1.90 bits per heavy atom. The predicted octanol–water partition coefficient (Wildman–Crippen LogP) is 1.63. The van der Waals surface area contributed by atoms with Gasteiger partial charge < -0.3 is 24.4 Å². The van der Waals surface area contributed by atoms with Gasteiger partial charge in [0.2, 0.25) is 0 Å². The monoisotopic (exact) mass is 407 g/mol. The third kappa shape index (κ3) is 1.97. The first-order valence-electron chi connectivity index (χ1n) is 11.7. The van der Waals surface area contributed by atoms with Crippen molar-refractivity contribution in [2.45, 2.75) is 82.2 Å². The largest absolute Gasteiger partial charge is 0.387 e. The molecule has 0 aromatic heterocycles. The number of hydrogen-bond donors (Lipinski definition) is 2. The Morgan fingerprint density at radius 1 is 1.14 bits per heavy atom. The van der Waals surface area contributed by atoms with Crippen LogP contribution in [-0.2, 0) is 14.2 Å². The van der Waals surface area contributed by atoms with E-state index in [1.165, 1.54) is 12.8 Å². The maximum Gasteiger partial charge on any atom is 0.125 e. The number of fused-ring (bicyclic) bond motifs is 1. The van der Waals surface area contributed by atoms with Gasteiger partial charge in [-0.3, -0.25) is 4.90 Å². The maximum absolute atomic E-state index is 12.3. The molecular weight excluding hydrogens is 370 g/mol. The van der Waals surface area contributed by atoms with Crippen LogP contribution in [0, 0.1) is 34.5 Å². The fourth-order valence-electron chi connectivity index (χ4n) is 9.77. The van der Waals surface area contributed by atoms with Crippen LogP contribution in [-0.4, -0.2) is 78.7 Å². The fraction of sp³-hybridized carbons (Fsp3) is 1.00. The number of methoxy groups -OCH3 is 2. The van der Waals surface area contributed by atoms with E-state index in [2.05, 4.69) is 18.7 Å². The third-order valence-corrected chi connectivity index (χ3v) is 10.6. The van der Waals surface area contributed by atoms with E-state index in [0.717, 1.165) is 32.4 Å². The maximum atomic E-state index is 12.3. The molecule has 29 heavy (non-hydrogen) atoms. The first-order chi connectivity index (χ1) is 13.9. The summed E-state index contributed by atoms with van der Waals surface area (Å²) < 4.78 is 18.7. The number of nitrogens with zero attached hydrogens (tertiary/aromatic N) is 1. The second-order valence-corrected chi connectivity index (χ2v) is 11.2. The zero-order valence-electron chi connectivity index (χ0n) is 18.2. The minimum absolute atomic E-state index is 0.0424. The molecule has 3 heterocycles. The summed E-state index contributed by atoms with van der Waals surface area (Å²) >= 11 is 0. The van der Waals surface area contributed by atoms with Crippen molar-refractivity contribution in [2.24, 2.45) is 34.5 Å². The van der Waals surface area contributed by atoms with Gasteiger partial charge >= 0.3 is 0 Å². The Kier molecular flexibility index (Phi) is 4.00. The molecule has 7 bridgehead atoms. The lowest BCUT2D eigenvalue weighted by Gasteiger charge is -2.68. The lowest BCUT2D eigenvalue weighted by molar-refractivity contribution is -0.326. The average Bonchev–Trinajstić information content (AvgIpc) is 2.98. The minimum Gasteiger partial charge on any atom is -0.387 e. The van der Waals surface area contributed by atoms with Gasteiger partial charge in [-0.15, -0.1) is 0 Å². The van der Waals surface area contributed by atoms with Gasteiger partial charge in [-0.25, -0.2) is 0 Å². The molecular formula is C23H37NO5. The Balaban J connectivity index is 1.59. The van der Waals surface area contributed by atoms with E-state index in [1.807, 2.05) is 0 Å². The summed E-state index contributed by atoms with van der Waals surface area (Å²) in [6.07, 6.45) is 3.73. The van der Waals surface area contributed by atoms with Crippen LogP contribution in [0.5, 0.6) is 0 Å². The molecule has 0 amide bonds. The molecule has 0 aromatic carbocycles. The van der Waals surface area contributed by atoms with Crippen LogP contribution in [0.15, 0.2) is 0 Å². The second-order valence-electron chi connectivity index (χ2n) is 11.2. The molecule has 12 atom stereocenters. The molecule has 7 fully saturated rings. The van der Waals surface area contributed by atoms with Crippen LogP contribution in [0.2, 0.25) is 0 Å². The molecule has 6 heteroatoms. The lowest BCUT2D eigenvalue weighted by Crippen LogP contribution is -2.73. The van der Waals surface area contributed by atoms with Crippen molar-refractivity contribution in [2.75, 3.05) is 27.3 Å². The van der Waals surface area contributed by atoms with Crippen molar-refractivity contribution in [3.05, 3.63) is 0 Å². The van der Waals surface area contributed by atoms with E-state index < -0.39 is 17.8 Å². The SMILES string of the molecule is CCN1C[C@]2(C)CCCC34C5CC6C(OC)[C@H]5[C@@](O)(C(C[C@@H]32)OC14)[C@H](O)[C@@H]6OC. The number of ether oxygens (including phenoxy) is 3. The topological polar surface area (TPSA) is 71.4 Å². The van der Waals surface area contributed by atoms with Crippen molar-refractivity contribution >= 4 is 0 Å². The lowest BCUT2D eigenvalue weighted by atomic mass is 9.46. The van der Waals surface area contributed by atoms with Crippen LogP contribution < -0.4 is 0 Å². The number of aliphatic hydroxyl groups is 2. The number of hydrogen-bond acceptors (Lipinski definition) is 6. The fourth-order valence-corrected chi connectivity index (χ4v) is 9.77. The Morgan fingerprint density at radius 3 is 2.59 bits per heavy atom. The molecule has 2 N–H and O–H groups in total. The minimum atomic E-state index is -1.31. The molecule has 1 spiro atoms. The van der Waals surface area contributed by atoms with Gasteiger partial charge in [0.05, 0.1) is 18.3 Å².